The molecule has 5 heteroatoms. The van der Waals surface area contributed by atoms with E-state index >= 15 is 0 Å². The van der Waals surface area contributed by atoms with Crippen LogP contribution < -0.4 is 0 Å². The van der Waals surface area contributed by atoms with E-state index in [1.54, 1.807) is 23.1 Å². The third-order valence-corrected chi connectivity index (χ3v) is 3.51. The van der Waals surface area contributed by atoms with Gasteiger partial charge in [0.25, 0.3) is 5.69 Å². The van der Waals surface area contributed by atoms with Gasteiger partial charge in [0.05, 0.1) is 10.5 Å². The van der Waals surface area contributed by atoms with Gasteiger partial charge in [0.2, 0.25) is 5.91 Å². The summed E-state index contributed by atoms with van der Waals surface area (Å²) < 4.78 is 0. The fourth-order valence-corrected chi connectivity index (χ4v) is 2.45. The van der Waals surface area contributed by atoms with Crippen molar-refractivity contribution in [2.75, 3.05) is 13.1 Å². The van der Waals surface area contributed by atoms with E-state index in [9.17, 15) is 14.9 Å². The topological polar surface area (TPSA) is 63.5 Å². The largest absolute Gasteiger partial charge is 0.339 e. The molecule has 1 atom stereocenters. The number of nitrogens with zero attached hydrogens (tertiary/aromatic N) is 2. The minimum Gasteiger partial charge on any atom is -0.339 e. The van der Waals surface area contributed by atoms with Gasteiger partial charge in [-0.1, -0.05) is 19.1 Å². The molecule has 1 aliphatic heterocycles. The normalized spacial score (nSPS) is 19.2. The molecule has 1 aromatic rings. The summed E-state index contributed by atoms with van der Waals surface area (Å²) in [5.41, 5.74) is 0.472. The van der Waals surface area contributed by atoms with Crippen molar-refractivity contribution in [3.8, 4) is 0 Å². The molecule has 0 aromatic heterocycles. The zero-order valence-electron chi connectivity index (χ0n) is 11.5. The number of nitro benzene ring substituents is 1. The van der Waals surface area contributed by atoms with Gasteiger partial charge in [-0.25, -0.2) is 0 Å². The maximum absolute atomic E-state index is 12.1. The minimum atomic E-state index is -0.437. The zero-order valence-corrected chi connectivity index (χ0v) is 11.5. The lowest BCUT2D eigenvalue weighted by atomic mass is 10.0. The van der Waals surface area contributed by atoms with Gasteiger partial charge in [-0.2, -0.15) is 0 Å². The summed E-state index contributed by atoms with van der Waals surface area (Å²) in [4.78, 5) is 24.3. The molecule has 0 bridgehead atoms. The van der Waals surface area contributed by atoms with Gasteiger partial charge >= 0.3 is 0 Å². The first-order valence-corrected chi connectivity index (χ1v) is 6.78. The summed E-state index contributed by atoms with van der Waals surface area (Å²) in [5.74, 6) is 0.446. The SMILES string of the molecule is CC1CCCN(C(=O)/C=C/c2ccccc2[N+](=O)[O-])C1. The van der Waals surface area contributed by atoms with Gasteiger partial charge in [0, 0.05) is 25.2 Å². The number of nitro groups is 1. The van der Waals surface area contributed by atoms with Crippen molar-refractivity contribution in [3.63, 3.8) is 0 Å². The van der Waals surface area contributed by atoms with Crippen LogP contribution in [-0.4, -0.2) is 28.8 Å². The Labute approximate surface area is 118 Å². The molecule has 0 spiro atoms. The first-order chi connectivity index (χ1) is 9.58. The average Bonchev–Trinajstić information content (AvgIpc) is 2.45. The summed E-state index contributed by atoms with van der Waals surface area (Å²) in [7, 11) is 0. The third kappa shape index (κ3) is 3.44. The molecule has 1 saturated heterocycles. The van der Waals surface area contributed by atoms with E-state index in [0.717, 1.165) is 25.9 Å². The molecule has 0 radical (unpaired) electrons. The van der Waals surface area contributed by atoms with Crippen LogP contribution in [0.2, 0.25) is 0 Å². The number of amides is 1. The molecular formula is C15H18N2O3. The number of para-hydroxylation sites is 1. The predicted molar refractivity (Wildman–Crippen MR) is 77.1 cm³/mol. The standard InChI is InChI=1S/C15H18N2O3/c1-12-5-4-10-16(11-12)15(18)9-8-13-6-2-3-7-14(13)17(19)20/h2-3,6-9,12H,4-5,10-11H2,1H3/b9-8+. The number of benzene rings is 1. The molecule has 1 heterocycles. The average molecular weight is 274 g/mol. The molecule has 0 saturated carbocycles. The summed E-state index contributed by atoms with van der Waals surface area (Å²) in [6.45, 7) is 3.66. The van der Waals surface area contributed by atoms with Gasteiger partial charge < -0.3 is 4.90 Å². The van der Waals surface area contributed by atoms with E-state index in [4.69, 9.17) is 0 Å². The van der Waals surface area contributed by atoms with E-state index in [1.807, 2.05) is 0 Å². The highest BCUT2D eigenvalue weighted by molar-refractivity contribution is 5.92. The highest BCUT2D eigenvalue weighted by Gasteiger charge is 2.19. The van der Waals surface area contributed by atoms with Gasteiger partial charge in [0.1, 0.15) is 0 Å². The lowest BCUT2D eigenvalue weighted by Gasteiger charge is -2.30. The van der Waals surface area contributed by atoms with Crippen molar-refractivity contribution in [3.05, 3.63) is 46.0 Å². The minimum absolute atomic E-state index is 0.0172. The summed E-state index contributed by atoms with van der Waals surface area (Å²) in [5, 5.41) is 10.9. The lowest BCUT2D eigenvalue weighted by Crippen LogP contribution is -2.38. The van der Waals surface area contributed by atoms with Gasteiger partial charge in [-0.15, -0.1) is 0 Å². The van der Waals surface area contributed by atoms with E-state index in [2.05, 4.69) is 6.92 Å². The Balaban J connectivity index is 2.09. The van der Waals surface area contributed by atoms with E-state index in [1.165, 1.54) is 18.2 Å². The molecule has 1 unspecified atom stereocenters. The zero-order chi connectivity index (χ0) is 14.5. The van der Waals surface area contributed by atoms with Crippen LogP contribution in [0.15, 0.2) is 30.3 Å². The Bertz CT molecular complexity index is 540. The maximum atomic E-state index is 12.1. The highest BCUT2D eigenvalue weighted by atomic mass is 16.6. The van der Waals surface area contributed by atoms with Crippen LogP contribution in [-0.2, 0) is 4.79 Å². The van der Waals surface area contributed by atoms with Crippen LogP contribution in [0.3, 0.4) is 0 Å². The second kappa shape index (κ2) is 6.32. The van der Waals surface area contributed by atoms with E-state index in [-0.39, 0.29) is 11.6 Å². The monoisotopic (exact) mass is 274 g/mol. The van der Waals surface area contributed by atoms with Crippen LogP contribution in [0.1, 0.15) is 25.3 Å². The Hall–Kier alpha value is -2.17. The smallest absolute Gasteiger partial charge is 0.276 e. The molecule has 1 aromatic carbocycles. The quantitative estimate of drug-likeness (QED) is 0.483. The highest BCUT2D eigenvalue weighted by Crippen LogP contribution is 2.20. The Morgan fingerprint density at radius 3 is 2.90 bits per heavy atom. The molecule has 1 aliphatic rings. The Morgan fingerprint density at radius 2 is 2.20 bits per heavy atom. The second-order valence-electron chi connectivity index (χ2n) is 5.18. The van der Waals surface area contributed by atoms with Crippen molar-refractivity contribution in [2.24, 2.45) is 5.92 Å². The van der Waals surface area contributed by atoms with E-state index < -0.39 is 4.92 Å². The molecule has 20 heavy (non-hydrogen) atoms. The first kappa shape index (κ1) is 14.2. The Morgan fingerprint density at radius 1 is 1.45 bits per heavy atom. The third-order valence-electron chi connectivity index (χ3n) is 3.51. The fourth-order valence-electron chi connectivity index (χ4n) is 2.45. The van der Waals surface area contributed by atoms with Crippen molar-refractivity contribution in [2.45, 2.75) is 19.8 Å². The van der Waals surface area contributed by atoms with Crippen molar-refractivity contribution >= 4 is 17.7 Å². The Kier molecular flexibility index (Phi) is 4.50. The summed E-state index contributed by atoms with van der Waals surface area (Å²) in [6, 6.07) is 6.41. The van der Waals surface area contributed by atoms with Crippen LogP contribution in [0.25, 0.3) is 6.08 Å². The molecular weight excluding hydrogens is 256 g/mol. The molecule has 2 rings (SSSR count). The number of carbonyl (C=O) groups is 1. The molecule has 1 fully saturated rings. The van der Waals surface area contributed by atoms with Crippen LogP contribution in [0, 0.1) is 16.0 Å². The maximum Gasteiger partial charge on any atom is 0.276 e. The van der Waals surface area contributed by atoms with Crippen LogP contribution in [0.5, 0.6) is 0 Å². The molecule has 5 nitrogen and oxygen atoms in total. The van der Waals surface area contributed by atoms with Crippen LogP contribution in [0.4, 0.5) is 5.69 Å². The van der Waals surface area contributed by atoms with Gasteiger partial charge in [-0.05, 0) is 30.9 Å². The number of carbonyl (C=O) groups excluding carboxylic acids is 1. The van der Waals surface area contributed by atoms with Crippen molar-refractivity contribution < 1.29 is 9.72 Å². The molecule has 0 aliphatic carbocycles. The van der Waals surface area contributed by atoms with Gasteiger partial charge in [-0.3, -0.25) is 14.9 Å². The van der Waals surface area contributed by atoms with E-state index in [0.29, 0.717) is 11.5 Å². The van der Waals surface area contributed by atoms with Crippen molar-refractivity contribution in [1.82, 2.24) is 4.90 Å². The molecule has 106 valence electrons. The number of rotatable bonds is 3. The van der Waals surface area contributed by atoms with Crippen molar-refractivity contribution in [1.29, 1.82) is 0 Å². The second-order valence-corrected chi connectivity index (χ2v) is 5.18. The van der Waals surface area contributed by atoms with Crippen LogP contribution >= 0.6 is 0 Å². The summed E-state index contributed by atoms with van der Waals surface area (Å²) >= 11 is 0. The number of hydrogen-bond donors (Lipinski definition) is 0. The molecule has 0 N–H and O–H groups in total. The lowest BCUT2D eigenvalue weighted by molar-refractivity contribution is -0.385. The molecule has 1 amide bonds. The number of piperidine rings is 1. The number of hydrogen-bond acceptors (Lipinski definition) is 3. The fraction of sp³-hybridized carbons (Fsp3) is 0.400. The number of likely N-dealkylation sites (tertiary alicyclic amines) is 1. The van der Waals surface area contributed by atoms with Gasteiger partial charge in [0.15, 0.2) is 0 Å². The predicted octanol–water partition coefficient (Wildman–Crippen LogP) is 2.87. The summed E-state index contributed by atoms with van der Waals surface area (Å²) in [6.07, 6.45) is 5.13. The first-order valence-electron chi connectivity index (χ1n) is 6.78.